The molecule has 4 nitrogen and oxygen atoms in total. The average Bonchev–Trinajstić information content (AvgIpc) is 2.77. The van der Waals surface area contributed by atoms with Gasteiger partial charge in [-0.25, -0.2) is 0 Å². The van der Waals surface area contributed by atoms with Crippen molar-refractivity contribution < 1.29 is 9.90 Å². The van der Waals surface area contributed by atoms with E-state index in [1.54, 1.807) is 0 Å². The molecule has 2 heterocycles. The Balaban J connectivity index is 2.13. The van der Waals surface area contributed by atoms with Gasteiger partial charge in [0.05, 0.1) is 15.3 Å². The highest BCUT2D eigenvalue weighted by Crippen LogP contribution is 2.33. The van der Waals surface area contributed by atoms with Crippen LogP contribution in [0.25, 0.3) is 0 Å². The van der Waals surface area contributed by atoms with E-state index in [1.807, 2.05) is 11.0 Å². The molecular weight excluding hydrogens is 408 g/mol. The molecule has 1 N–H and O–H groups in total. The van der Waals surface area contributed by atoms with Crippen LogP contribution in [0.4, 0.5) is 0 Å². The summed E-state index contributed by atoms with van der Waals surface area (Å²) in [5.74, 6) is 0.0185. The summed E-state index contributed by atoms with van der Waals surface area (Å²) < 4.78 is 1.83. The lowest BCUT2D eigenvalue weighted by molar-refractivity contribution is 0.0544. The van der Waals surface area contributed by atoms with Gasteiger partial charge in [0.15, 0.2) is 0 Å². The average molecular weight is 426 g/mol. The summed E-state index contributed by atoms with van der Waals surface area (Å²) in [4.78, 5) is 17.5. The second kappa shape index (κ2) is 7.35. The zero-order valence-corrected chi connectivity index (χ0v) is 15.3. The smallest absolute Gasteiger partial charge is 0.264 e. The molecule has 1 aromatic heterocycles. The third-order valence-corrected chi connectivity index (χ3v) is 6.83. The second-order valence-electron chi connectivity index (χ2n) is 4.99. The molecular formula is C13H18Br2N2O2S. The molecule has 0 bridgehead atoms. The summed E-state index contributed by atoms with van der Waals surface area (Å²) in [7, 11) is 2.10. The number of carbonyl (C=O) groups excluding carboxylic acids is 1. The van der Waals surface area contributed by atoms with E-state index < -0.39 is 0 Å². The van der Waals surface area contributed by atoms with E-state index in [1.165, 1.54) is 11.3 Å². The van der Waals surface area contributed by atoms with Gasteiger partial charge in [-0.15, -0.1) is 11.3 Å². The molecule has 0 aromatic carbocycles. The quantitative estimate of drug-likeness (QED) is 0.806. The van der Waals surface area contributed by atoms with E-state index in [9.17, 15) is 9.90 Å². The monoisotopic (exact) mass is 424 g/mol. The van der Waals surface area contributed by atoms with Crippen molar-refractivity contribution in [3.63, 3.8) is 0 Å². The number of halogens is 2. The molecule has 1 fully saturated rings. The molecule has 0 radical (unpaired) electrons. The minimum absolute atomic E-state index is 0.00575. The van der Waals surface area contributed by atoms with Crippen molar-refractivity contribution in [2.75, 3.05) is 33.3 Å². The van der Waals surface area contributed by atoms with Crippen LogP contribution < -0.4 is 0 Å². The molecule has 0 aliphatic carbocycles. The maximum absolute atomic E-state index is 12.7. The first kappa shape index (κ1) is 16.4. The standard InChI is InChI=1S/C13H18Br2N2O2S/c1-16-4-2-9(3-5-16)17(6-7-18)13(19)11-8-10(14)12(15)20-11/h8-9,18H,2-7H2,1H3. The lowest BCUT2D eigenvalue weighted by Crippen LogP contribution is -2.47. The Labute approximate surface area is 140 Å². The second-order valence-corrected chi connectivity index (χ2v) is 8.21. The Hall–Kier alpha value is 0.0500. The summed E-state index contributed by atoms with van der Waals surface area (Å²) in [6.45, 7) is 2.40. The van der Waals surface area contributed by atoms with E-state index in [0.29, 0.717) is 11.4 Å². The summed E-state index contributed by atoms with van der Waals surface area (Å²) in [5, 5.41) is 9.26. The number of nitrogens with zero attached hydrogens (tertiary/aromatic N) is 2. The van der Waals surface area contributed by atoms with Gasteiger partial charge in [0, 0.05) is 17.1 Å². The minimum atomic E-state index is 0.00575. The maximum atomic E-state index is 12.7. The highest BCUT2D eigenvalue weighted by molar-refractivity contribution is 9.13. The van der Waals surface area contributed by atoms with Gasteiger partial charge in [-0.1, -0.05) is 0 Å². The number of aliphatic hydroxyl groups excluding tert-OH is 1. The third kappa shape index (κ3) is 3.82. The number of hydrogen-bond donors (Lipinski definition) is 1. The normalized spacial score (nSPS) is 17.4. The van der Waals surface area contributed by atoms with Crippen LogP contribution in [0.2, 0.25) is 0 Å². The largest absolute Gasteiger partial charge is 0.395 e. The van der Waals surface area contributed by atoms with Crippen LogP contribution in [-0.2, 0) is 0 Å². The van der Waals surface area contributed by atoms with E-state index >= 15 is 0 Å². The fourth-order valence-corrected chi connectivity index (χ4v) is 4.45. The highest BCUT2D eigenvalue weighted by atomic mass is 79.9. The first-order chi connectivity index (χ1) is 9.52. The summed E-state index contributed by atoms with van der Waals surface area (Å²) in [5.41, 5.74) is 0. The first-order valence-corrected chi connectivity index (χ1v) is 8.98. The Morgan fingerprint density at radius 3 is 2.65 bits per heavy atom. The zero-order valence-electron chi connectivity index (χ0n) is 11.3. The Kier molecular flexibility index (Phi) is 6.04. The number of thiophene rings is 1. The molecule has 0 atom stereocenters. The molecule has 112 valence electrons. The number of rotatable bonds is 4. The molecule has 2 rings (SSSR count). The van der Waals surface area contributed by atoms with Crippen LogP contribution in [0.5, 0.6) is 0 Å². The first-order valence-electron chi connectivity index (χ1n) is 6.58. The molecule has 1 saturated heterocycles. The van der Waals surface area contributed by atoms with Crippen molar-refractivity contribution >= 4 is 49.1 Å². The molecule has 1 aliphatic heterocycles. The van der Waals surface area contributed by atoms with Crippen molar-refractivity contribution in [3.8, 4) is 0 Å². The van der Waals surface area contributed by atoms with Gasteiger partial charge in [-0.3, -0.25) is 4.79 Å². The van der Waals surface area contributed by atoms with Crippen LogP contribution in [0.15, 0.2) is 14.3 Å². The van der Waals surface area contributed by atoms with E-state index in [-0.39, 0.29) is 18.6 Å². The van der Waals surface area contributed by atoms with Crippen molar-refractivity contribution in [2.24, 2.45) is 0 Å². The van der Waals surface area contributed by atoms with Crippen LogP contribution in [0, 0.1) is 0 Å². The van der Waals surface area contributed by atoms with Gasteiger partial charge < -0.3 is 14.9 Å². The molecule has 20 heavy (non-hydrogen) atoms. The molecule has 1 amide bonds. The van der Waals surface area contributed by atoms with Crippen molar-refractivity contribution in [1.29, 1.82) is 0 Å². The summed E-state index contributed by atoms with van der Waals surface area (Å²) >= 11 is 8.26. The lowest BCUT2D eigenvalue weighted by atomic mass is 10.0. The Morgan fingerprint density at radius 1 is 1.50 bits per heavy atom. The fraction of sp³-hybridized carbons (Fsp3) is 0.615. The van der Waals surface area contributed by atoms with E-state index in [0.717, 1.165) is 34.2 Å². The predicted molar refractivity (Wildman–Crippen MR) is 88.4 cm³/mol. The van der Waals surface area contributed by atoms with Crippen LogP contribution in [0.1, 0.15) is 22.5 Å². The lowest BCUT2D eigenvalue weighted by Gasteiger charge is -2.36. The van der Waals surface area contributed by atoms with Crippen LogP contribution in [-0.4, -0.2) is 60.1 Å². The van der Waals surface area contributed by atoms with E-state index in [4.69, 9.17) is 0 Å². The van der Waals surface area contributed by atoms with Gasteiger partial charge in [-0.05, 0) is 70.9 Å². The Morgan fingerprint density at radius 2 is 2.15 bits per heavy atom. The van der Waals surface area contributed by atoms with Crippen molar-refractivity contribution in [1.82, 2.24) is 9.80 Å². The molecule has 0 unspecified atom stereocenters. The van der Waals surface area contributed by atoms with Gasteiger partial charge in [0.2, 0.25) is 0 Å². The number of piperidine rings is 1. The van der Waals surface area contributed by atoms with Crippen molar-refractivity contribution in [2.45, 2.75) is 18.9 Å². The topological polar surface area (TPSA) is 43.8 Å². The summed E-state index contributed by atoms with van der Waals surface area (Å²) in [6.07, 6.45) is 1.94. The predicted octanol–water partition coefficient (Wildman–Crippen LogP) is 2.80. The van der Waals surface area contributed by atoms with Crippen LogP contribution in [0.3, 0.4) is 0 Å². The number of aliphatic hydroxyl groups is 1. The molecule has 1 aliphatic rings. The maximum Gasteiger partial charge on any atom is 0.264 e. The summed E-state index contributed by atoms with van der Waals surface area (Å²) in [6, 6.07) is 2.07. The number of amides is 1. The van der Waals surface area contributed by atoms with Gasteiger partial charge in [0.1, 0.15) is 0 Å². The molecule has 1 aromatic rings. The number of hydrogen-bond acceptors (Lipinski definition) is 4. The van der Waals surface area contributed by atoms with E-state index in [2.05, 4.69) is 43.8 Å². The number of carbonyl (C=O) groups is 1. The molecule has 0 saturated carbocycles. The van der Waals surface area contributed by atoms with Gasteiger partial charge in [-0.2, -0.15) is 0 Å². The zero-order chi connectivity index (χ0) is 14.7. The van der Waals surface area contributed by atoms with Crippen molar-refractivity contribution in [3.05, 3.63) is 19.2 Å². The highest BCUT2D eigenvalue weighted by Gasteiger charge is 2.28. The third-order valence-electron chi connectivity index (χ3n) is 3.59. The SMILES string of the molecule is CN1CCC(N(CCO)C(=O)c2cc(Br)c(Br)s2)CC1. The van der Waals surface area contributed by atoms with Gasteiger partial charge >= 0.3 is 0 Å². The fourth-order valence-electron chi connectivity index (χ4n) is 2.46. The minimum Gasteiger partial charge on any atom is -0.395 e. The molecule has 7 heteroatoms. The van der Waals surface area contributed by atoms with Gasteiger partial charge in [0.25, 0.3) is 5.91 Å². The van der Waals surface area contributed by atoms with Crippen LogP contribution >= 0.6 is 43.2 Å². The number of likely N-dealkylation sites (tertiary alicyclic amines) is 1. The molecule has 0 spiro atoms. The Bertz CT molecular complexity index is 453.